The second-order valence-corrected chi connectivity index (χ2v) is 9.97. The summed E-state index contributed by atoms with van der Waals surface area (Å²) < 4.78 is 40.1. The van der Waals surface area contributed by atoms with Crippen LogP contribution in [0, 0.1) is 13.8 Å². The highest BCUT2D eigenvalue weighted by atomic mass is 32.2. The fourth-order valence-electron chi connectivity index (χ4n) is 4.13. The highest BCUT2D eigenvalue weighted by molar-refractivity contribution is 7.89. The molecule has 0 saturated carbocycles. The molecule has 9 nitrogen and oxygen atoms in total. The van der Waals surface area contributed by atoms with Crippen LogP contribution in [0.15, 0.2) is 27.6 Å². The van der Waals surface area contributed by atoms with Crippen molar-refractivity contribution in [1.29, 1.82) is 0 Å². The molecule has 2 aromatic heterocycles. The van der Waals surface area contributed by atoms with Crippen LogP contribution in [0.3, 0.4) is 0 Å². The molecule has 172 valence electrons. The van der Waals surface area contributed by atoms with Gasteiger partial charge in [-0.05, 0) is 51.8 Å². The van der Waals surface area contributed by atoms with E-state index in [1.54, 1.807) is 36.4 Å². The molecule has 3 aromatic rings. The number of nitrogens with zero attached hydrogens (tertiary/aromatic N) is 4. The SMILES string of the molecule is CCn1c(COC(=O)Cc2c(C)noc2C)nc2cc(S(=O)(=O)N3CCCCC3)ccc21. The molecule has 0 spiro atoms. The number of aryl methyl sites for hydroxylation is 3. The Balaban J connectivity index is 1.54. The Labute approximate surface area is 187 Å². The number of fused-ring (bicyclic) bond motifs is 1. The van der Waals surface area contributed by atoms with Gasteiger partial charge >= 0.3 is 5.97 Å². The second-order valence-electron chi connectivity index (χ2n) is 8.03. The van der Waals surface area contributed by atoms with E-state index in [2.05, 4.69) is 10.1 Å². The zero-order valence-electron chi connectivity index (χ0n) is 18.6. The minimum Gasteiger partial charge on any atom is -0.457 e. The molecule has 0 N–H and O–H groups in total. The fourth-order valence-corrected chi connectivity index (χ4v) is 5.67. The van der Waals surface area contributed by atoms with E-state index in [0.717, 1.165) is 30.3 Å². The van der Waals surface area contributed by atoms with Gasteiger partial charge < -0.3 is 13.8 Å². The molecule has 4 rings (SSSR count). The van der Waals surface area contributed by atoms with Crippen LogP contribution < -0.4 is 0 Å². The van der Waals surface area contributed by atoms with Gasteiger partial charge in [-0.3, -0.25) is 4.79 Å². The number of ether oxygens (including phenoxy) is 1. The van der Waals surface area contributed by atoms with Crippen molar-refractivity contribution in [2.75, 3.05) is 13.1 Å². The van der Waals surface area contributed by atoms with Crippen molar-refractivity contribution in [3.05, 3.63) is 41.0 Å². The fraction of sp³-hybridized carbons (Fsp3) is 0.500. The van der Waals surface area contributed by atoms with E-state index in [1.165, 1.54) is 0 Å². The predicted octanol–water partition coefficient (Wildman–Crippen LogP) is 3.12. The van der Waals surface area contributed by atoms with Crippen molar-refractivity contribution in [2.24, 2.45) is 0 Å². The lowest BCUT2D eigenvalue weighted by atomic mass is 10.1. The van der Waals surface area contributed by atoms with Crippen LogP contribution in [-0.2, 0) is 39.1 Å². The highest BCUT2D eigenvalue weighted by Gasteiger charge is 2.27. The Hall–Kier alpha value is -2.72. The number of piperidine rings is 1. The first-order valence-corrected chi connectivity index (χ1v) is 12.3. The van der Waals surface area contributed by atoms with Gasteiger partial charge in [-0.15, -0.1) is 0 Å². The molecule has 1 aromatic carbocycles. The number of imidazole rings is 1. The second kappa shape index (κ2) is 9.03. The molecule has 1 fully saturated rings. The molecule has 0 aliphatic carbocycles. The summed E-state index contributed by atoms with van der Waals surface area (Å²) in [4.78, 5) is 17.2. The number of esters is 1. The average Bonchev–Trinajstić information content (AvgIpc) is 3.31. The standard InChI is InChI=1S/C22H28N4O5S/c1-4-26-20-9-8-17(32(28,29)25-10-6-5-7-11-25)12-19(20)23-21(26)14-30-22(27)13-18-15(2)24-31-16(18)3/h8-9,12H,4-7,10-11,13-14H2,1-3H3. The van der Waals surface area contributed by atoms with Gasteiger partial charge in [0.2, 0.25) is 10.0 Å². The zero-order chi connectivity index (χ0) is 22.9. The van der Waals surface area contributed by atoms with Crippen molar-refractivity contribution < 1.29 is 22.5 Å². The Morgan fingerprint density at radius 1 is 1.19 bits per heavy atom. The van der Waals surface area contributed by atoms with E-state index >= 15 is 0 Å². The summed E-state index contributed by atoms with van der Waals surface area (Å²) in [5.41, 5.74) is 2.78. The number of benzene rings is 1. The summed E-state index contributed by atoms with van der Waals surface area (Å²) in [6.07, 6.45) is 2.90. The molecule has 0 amide bonds. The Morgan fingerprint density at radius 3 is 2.59 bits per heavy atom. The van der Waals surface area contributed by atoms with Crippen LogP contribution in [0.25, 0.3) is 11.0 Å². The average molecular weight is 461 g/mol. The van der Waals surface area contributed by atoms with Crippen molar-refractivity contribution in [3.63, 3.8) is 0 Å². The van der Waals surface area contributed by atoms with Gasteiger partial charge in [0.15, 0.2) is 0 Å². The molecule has 0 atom stereocenters. The number of rotatable bonds is 7. The predicted molar refractivity (Wildman–Crippen MR) is 117 cm³/mol. The molecule has 0 unspecified atom stereocenters. The molecule has 10 heteroatoms. The van der Waals surface area contributed by atoms with E-state index in [1.807, 2.05) is 11.5 Å². The van der Waals surface area contributed by atoms with Gasteiger partial charge in [0, 0.05) is 25.2 Å². The van der Waals surface area contributed by atoms with Gasteiger partial charge in [0.25, 0.3) is 0 Å². The van der Waals surface area contributed by atoms with Crippen molar-refractivity contribution in [1.82, 2.24) is 19.0 Å². The summed E-state index contributed by atoms with van der Waals surface area (Å²) in [5, 5.41) is 3.85. The number of carbonyl (C=O) groups excluding carboxylic acids is 1. The Bertz CT molecular complexity index is 1220. The largest absolute Gasteiger partial charge is 0.457 e. The van der Waals surface area contributed by atoms with Gasteiger partial charge in [-0.25, -0.2) is 13.4 Å². The number of hydrogen-bond donors (Lipinski definition) is 0. The highest BCUT2D eigenvalue weighted by Crippen LogP contribution is 2.25. The van der Waals surface area contributed by atoms with Gasteiger partial charge in [0.05, 0.1) is 28.0 Å². The van der Waals surface area contributed by atoms with E-state index in [0.29, 0.717) is 42.4 Å². The van der Waals surface area contributed by atoms with Gasteiger partial charge in [-0.1, -0.05) is 11.6 Å². The maximum Gasteiger partial charge on any atom is 0.310 e. The van der Waals surface area contributed by atoms with Crippen molar-refractivity contribution in [2.45, 2.75) is 64.5 Å². The smallest absolute Gasteiger partial charge is 0.310 e. The van der Waals surface area contributed by atoms with Gasteiger partial charge in [0.1, 0.15) is 18.2 Å². The molecule has 32 heavy (non-hydrogen) atoms. The third kappa shape index (κ3) is 4.29. The number of aromatic nitrogens is 3. The summed E-state index contributed by atoms with van der Waals surface area (Å²) in [6.45, 7) is 7.23. The summed E-state index contributed by atoms with van der Waals surface area (Å²) in [6, 6.07) is 5.02. The first-order valence-electron chi connectivity index (χ1n) is 10.9. The monoisotopic (exact) mass is 460 g/mol. The first-order chi connectivity index (χ1) is 15.3. The quantitative estimate of drug-likeness (QED) is 0.499. The summed E-state index contributed by atoms with van der Waals surface area (Å²) in [7, 11) is -3.54. The van der Waals surface area contributed by atoms with Crippen LogP contribution >= 0.6 is 0 Å². The summed E-state index contributed by atoms with van der Waals surface area (Å²) >= 11 is 0. The van der Waals surface area contributed by atoms with E-state index in [-0.39, 0.29) is 17.9 Å². The van der Waals surface area contributed by atoms with Crippen LogP contribution in [-0.4, -0.2) is 46.5 Å². The number of sulfonamides is 1. The minimum atomic E-state index is -3.54. The first kappa shape index (κ1) is 22.5. The minimum absolute atomic E-state index is 0.00105. The third-order valence-electron chi connectivity index (χ3n) is 5.93. The zero-order valence-corrected chi connectivity index (χ0v) is 19.4. The lowest BCUT2D eigenvalue weighted by Gasteiger charge is -2.25. The molecule has 0 bridgehead atoms. The van der Waals surface area contributed by atoms with Crippen molar-refractivity contribution >= 4 is 27.0 Å². The Morgan fingerprint density at radius 2 is 1.94 bits per heavy atom. The normalized spacial score (nSPS) is 15.3. The molecule has 0 radical (unpaired) electrons. The Kier molecular flexibility index (Phi) is 6.34. The number of hydrogen-bond acceptors (Lipinski definition) is 7. The lowest BCUT2D eigenvalue weighted by Crippen LogP contribution is -2.35. The van der Waals surface area contributed by atoms with Crippen LogP contribution in [0.4, 0.5) is 0 Å². The topological polar surface area (TPSA) is 108 Å². The number of carbonyl (C=O) groups is 1. The maximum absolute atomic E-state index is 13.0. The molecular formula is C22H28N4O5S. The van der Waals surface area contributed by atoms with E-state index in [4.69, 9.17) is 9.26 Å². The van der Waals surface area contributed by atoms with Crippen LogP contribution in [0.2, 0.25) is 0 Å². The van der Waals surface area contributed by atoms with Gasteiger partial charge in [-0.2, -0.15) is 4.31 Å². The van der Waals surface area contributed by atoms with Crippen LogP contribution in [0.5, 0.6) is 0 Å². The molecule has 1 aliphatic heterocycles. The molecule has 1 aliphatic rings. The van der Waals surface area contributed by atoms with Crippen LogP contribution in [0.1, 0.15) is 49.0 Å². The van der Waals surface area contributed by atoms with E-state index in [9.17, 15) is 13.2 Å². The lowest BCUT2D eigenvalue weighted by molar-refractivity contribution is -0.144. The van der Waals surface area contributed by atoms with E-state index < -0.39 is 16.0 Å². The molecule has 3 heterocycles. The summed E-state index contributed by atoms with van der Waals surface area (Å²) in [5.74, 6) is 0.771. The molecular weight excluding hydrogens is 432 g/mol. The maximum atomic E-state index is 13.0. The third-order valence-corrected chi connectivity index (χ3v) is 7.83. The molecule has 1 saturated heterocycles. The van der Waals surface area contributed by atoms with Crippen molar-refractivity contribution in [3.8, 4) is 0 Å².